The summed E-state index contributed by atoms with van der Waals surface area (Å²) in [6.07, 6.45) is 8.09. The van der Waals surface area contributed by atoms with Gasteiger partial charge in [-0.2, -0.15) is 0 Å². The van der Waals surface area contributed by atoms with Gasteiger partial charge >= 0.3 is 0 Å². The van der Waals surface area contributed by atoms with Crippen LogP contribution in [0.4, 0.5) is 0 Å². The number of hydrogen-bond acceptors (Lipinski definition) is 10. The number of aliphatic hydroxyl groups excluding tert-OH is 1. The van der Waals surface area contributed by atoms with E-state index in [9.17, 15) is 10.0 Å². The highest BCUT2D eigenvalue weighted by molar-refractivity contribution is 5.51. The Morgan fingerprint density at radius 3 is 1.09 bits per heavy atom. The fourth-order valence-corrected chi connectivity index (χ4v) is 8.40. The van der Waals surface area contributed by atoms with Crippen LogP contribution in [0.5, 0.6) is 23.0 Å². The number of quaternary nitrogens is 1. The molecule has 0 amide bonds. The van der Waals surface area contributed by atoms with E-state index in [-0.39, 0.29) is 11.3 Å². The number of carbonyl (C=O) groups is 1. The largest absolute Gasteiger partial charge is 0.633 e. The minimum Gasteiger partial charge on any atom is -0.633 e. The molecule has 0 aliphatic carbocycles. The maximum absolute atomic E-state index is 11.0. The molecule has 374 valence electrons. The summed E-state index contributed by atoms with van der Waals surface area (Å²) < 4.78 is 39.9. The highest BCUT2D eigenvalue weighted by Crippen LogP contribution is 2.43. The second-order valence-electron chi connectivity index (χ2n) is 17.2. The summed E-state index contributed by atoms with van der Waals surface area (Å²) in [6.45, 7) is 3.90. The van der Waals surface area contributed by atoms with E-state index in [0.29, 0.717) is 45.9 Å². The van der Waals surface area contributed by atoms with Crippen LogP contribution in [0.15, 0.2) is 158 Å². The summed E-state index contributed by atoms with van der Waals surface area (Å²) in [5.74, 6) is 3.22. The molecule has 0 bridgehead atoms. The number of hydrogen-bond donors (Lipinski definition) is 1. The van der Waals surface area contributed by atoms with Gasteiger partial charge in [0.2, 0.25) is 0 Å². The highest BCUT2D eigenvalue weighted by atomic mass is 16.6. The smallest absolute Gasteiger partial charge is 0.143 e. The minimum absolute atomic E-state index is 0.125. The Kier molecular flexibility index (Phi) is 22.9. The number of unbranched alkanes of at least 4 members (excludes halogenated alkanes) is 6. The van der Waals surface area contributed by atoms with E-state index in [1.807, 2.05) is 84.9 Å². The number of rotatable bonds is 24. The van der Waals surface area contributed by atoms with Gasteiger partial charge in [-0.05, 0) is 108 Å². The molecule has 0 spiro atoms. The first-order chi connectivity index (χ1) is 34.2. The van der Waals surface area contributed by atoms with Crippen molar-refractivity contribution in [2.75, 3.05) is 81.6 Å². The van der Waals surface area contributed by atoms with Crippen LogP contribution < -0.4 is 18.9 Å². The third kappa shape index (κ3) is 15.5. The predicted molar refractivity (Wildman–Crippen MR) is 277 cm³/mol. The maximum atomic E-state index is 11.0. The Morgan fingerprint density at radius 2 is 0.800 bits per heavy atom. The van der Waals surface area contributed by atoms with Crippen molar-refractivity contribution in [2.45, 2.75) is 62.6 Å². The van der Waals surface area contributed by atoms with E-state index in [1.54, 1.807) is 35.5 Å². The lowest BCUT2D eigenvalue weighted by molar-refractivity contribution is -0.869. The van der Waals surface area contributed by atoms with Gasteiger partial charge in [0, 0.05) is 26.2 Å². The zero-order valence-electron chi connectivity index (χ0n) is 41.8. The molecule has 70 heavy (non-hydrogen) atoms. The number of morpholine rings is 1. The summed E-state index contributed by atoms with van der Waals surface area (Å²) in [6, 6.07) is 52.9. The zero-order chi connectivity index (χ0) is 49.9. The van der Waals surface area contributed by atoms with E-state index in [0.717, 1.165) is 108 Å². The van der Waals surface area contributed by atoms with Crippen molar-refractivity contribution in [2.24, 2.45) is 0 Å². The van der Waals surface area contributed by atoms with Crippen LogP contribution in [-0.2, 0) is 30.2 Å². The molecule has 1 heterocycles. The lowest BCUT2D eigenvalue weighted by Crippen LogP contribution is -2.46. The molecule has 6 aromatic rings. The molecule has 0 radical (unpaired) electrons. The molecule has 11 heteroatoms. The highest BCUT2D eigenvalue weighted by Gasteiger charge is 2.39. The number of aldehydes is 1. The number of likely N-dealkylation sites (N-methyl/N-ethyl adjacent to an activating group) is 1. The summed E-state index contributed by atoms with van der Waals surface area (Å²) in [5, 5.41) is 20.0. The third-order valence-electron chi connectivity index (χ3n) is 12.4. The normalized spacial score (nSPS) is 13.1. The van der Waals surface area contributed by atoms with Gasteiger partial charge in [0.05, 0.1) is 48.7 Å². The third-order valence-corrected chi connectivity index (χ3v) is 12.4. The summed E-state index contributed by atoms with van der Waals surface area (Å²) in [5.41, 5.74) is 4.73. The molecular formula is C59H73NO10. The number of hydroxylamine groups is 3. The van der Waals surface area contributed by atoms with Crippen LogP contribution in [0.25, 0.3) is 0 Å². The second kappa shape index (κ2) is 29.2. The second-order valence-corrected chi connectivity index (χ2v) is 17.2. The first-order valence-corrected chi connectivity index (χ1v) is 24.3. The molecule has 11 nitrogen and oxygen atoms in total. The Bertz CT molecular complexity index is 2220. The number of nitrogens with zero attached hydrogens (tertiary/aromatic N) is 1. The van der Waals surface area contributed by atoms with Gasteiger partial charge in [-0.3, -0.25) is 0 Å². The minimum atomic E-state index is -0.773. The number of methoxy groups -OCH3 is 4. The maximum Gasteiger partial charge on any atom is 0.143 e. The summed E-state index contributed by atoms with van der Waals surface area (Å²) in [4.78, 5) is 10.6. The molecule has 1 fully saturated rings. The quantitative estimate of drug-likeness (QED) is 0.0206. The van der Waals surface area contributed by atoms with Gasteiger partial charge in [-0.25, -0.2) is 0 Å². The molecule has 1 aliphatic rings. The Balaban J connectivity index is 0.000000225. The zero-order valence-corrected chi connectivity index (χ0v) is 41.8. The van der Waals surface area contributed by atoms with E-state index in [4.69, 9.17) is 38.3 Å². The summed E-state index contributed by atoms with van der Waals surface area (Å²) in [7, 11) is 8.36. The number of benzene rings is 6. The average molecular weight is 956 g/mol. The summed E-state index contributed by atoms with van der Waals surface area (Å²) >= 11 is 0. The molecule has 0 aromatic heterocycles. The Labute approximate surface area is 416 Å². The van der Waals surface area contributed by atoms with Crippen LogP contribution in [0.1, 0.15) is 84.7 Å². The lowest BCUT2D eigenvalue weighted by Gasteiger charge is -2.41. The molecule has 0 atom stereocenters. The average Bonchev–Trinajstić information content (AvgIpc) is 3.42. The molecule has 6 aromatic carbocycles. The van der Waals surface area contributed by atoms with Gasteiger partial charge < -0.3 is 52.9 Å². The van der Waals surface area contributed by atoms with Crippen LogP contribution in [0.3, 0.4) is 0 Å². The van der Waals surface area contributed by atoms with Crippen LogP contribution >= 0.6 is 0 Å². The van der Waals surface area contributed by atoms with Gasteiger partial charge in [0.1, 0.15) is 53.6 Å². The van der Waals surface area contributed by atoms with Crippen molar-refractivity contribution >= 4 is 6.29 Å². The first-order valence-electron chi connectivity index (χ1n) is 24.3. The van der Waals surface area contributed by atoms with E-state index >= 15 is 0 Å². The van der Waals surface area contributed by atoms with Gasteiger partial charge in [0.25, 0.3) is 0 Å². The SMILES string of the molecule is COc1ccc(C(OCCCCCC=O)(c2ccccc2)c2ccc(OC)cc2)cc1.COc1ccc(C(OCCCCCCO)(c2ccccc2)c2ccc(OC)cc2)cc1.C[N+]1([O-])CCOCC1. The van der Waals surface area contributed by atoms with Crippen molar-refractivity contribution in [3.05, 3.63) is 196 Å². The molecular weight excluding hydrogens is 883 g/mol. The van der Waals surface area contributed by atoms with E-state index in [1.165, 1.54) is 0 Å². The predicted octanol–water partition coefficient (Wildman–Crippen LogP) is 11.3. The molecule has 1 saturated heterocycles. The number of ether oxygens (including phenoxy) is 7. The Hall–Kier alpha value is -6.05. The van der Waals surface area contributed by atoms with E-state index in [2.05, 4.69) is 72.8 Å². The molecule has 1 N–H and O–H groups in total. The number of carbonyl (C=O) groups excluding carboxylic acids is 1. The van der Waals surface area contributed by atoms with Crippen molar-refractivity contribution in [3.63, 3.8) is 0 Å². The lowest BCUT2D eigenvalue weighted by atomic mass is 9.80. The van der Waals surface area contributed by atoms with Gasteiger partial charge in [-0.15, -0.1) is 0 Å². The van der Waals surface area contributed by atoms with Crippen molar-refractivity contribution < 1.29 is 47.7 Å². The first kappa shape index (κ1) is 54.9. The fourth-order valence-electron chi connectivity index (χ4n) is 8.40. The monoisotopic (exact) mass is 956 g/mol. The van der Waals surface area contributed by atoms with Gasteiger partial charge in [0.15, 0.2) is 0 Å². The molecule has 1 aliphatic heterocycles. The topological polar surface area (TPSA) is 125 Å². The van der Waals surface area contributed by atoms with Crippen LogP contribution in [-0.4, -0.2) is 97.6 Å². The van der Waals surface area contributed by atoms with Crippen molar-refractivity contribution in [1.82, 2.24) is 0 Å². The number of aliphatic hydroxyl groups is 1. The molecule has 0 saturated carbocycles. The fraction of sp³-hybridized carbons (Fsp3) is 0.373. The Morgan fingerprint density at radius 1 is 0.486 bits per heavy atom. The van der Waals surface area contributed by atoms with Crippen molar-refractivity contribution in [3.8, 4) is 23.0 Å². The van der Waals surface area contributed by atoms with Crippen LogP contribution in [0, 0.1) is 5.21 Å². The standard InChI is InChI=1S/C27H32O4.C27H30O4.C5H11NO2/c2*1-29-25-16-12-23(13-17-25)27(22-10-6-5-7-11-22,31-21-9-4-3-8-20-28)24-14-18-26(30-2)19-15-24;1-6(7)2-4-8-5-3-6/h5-7,10-19,28H,3-4,8-9,20-21H2,1-2H3;5-7,10-20H,3-4,8-9,21H2,1-2H3;2-5H2,1H3. The molecule has 7 rings (SSSR count). The van der Waals surface area contributed by atoms with Gasteiger partial charge in [-0.1, -0.05) is 128 Å². The van der Waals surface area contributed by atoms with Crippen molar-refractivity contribution in [1.29, 1.82) is 0 Å². The van der Waals surface area contributed by atoms with E-state index < -0.39 is 11.2 Å². The molecule has 0 unspecified atom stereocenters. The van der Waals surface area contributed by atoms with Crippen LogP contribution in [0.2, 0.25) is 0 Å².